The molecule has 30 heavy (non-hydrogen) atoms. The van der Waals surface area contributed by atoms with Gasteiger partial charge in [-0.3, -0.25) is 9.59 Å². The van der Waals surface area contributed by atoms with Gasteiger partial charge in [-0.15, -0.1) is 0 Å². The Morgan fingerprint density at radius 3 is 2.37 bits per heavy atom. The molecule has 0 aliphatic carbocycles. The average Bonchev–Trinajstić information content (AvgIpc) is 2.77. The van der Waals surface area contributed by atoms with Crippen molar-refractivity contribution in [3.8, 4) is 5.75 Å². The Kier molecular flexibility index (Phi) is 7.27. The number of ether oxygens (including phenoxy) is 1. The van der Waals surface area contributed by atoms with Gasteiger partial charge in [-0.25, -0.2) is 9.82 Å². The van der Waals surface area contributed by atoms with Gasteiger partial charge in [-0.05, 0) is 53.1 Å². The fourth-order valence-corrected chi connectivity index (χ4v) is 2.52. The third kappa shape index (κ3) is 6.56. The van der Waals surface area contributed by atoms with Gasteiger partial charge in [0, 0.05) is 6.54 Å². The van der Waals surface area contributed by atoms with Gasteiger partial charge in [-0.1, -0.05) is 42.5 Å². The molecule has 0 atom stereocenters. The van der Waals surface area contributed by atoms with Crippen molar-refractivity contribution in [3.63, 3.8) is 0 Å². The van der Waals surface area contributed by atoms with Crippen LogP contribution >= 0.6 is 0 Å². The normalized spacial score (nSPS) is 10.6. The number of hydrazone groups is 1. The fourth-order valence-electron chi connectivity index (χ4n) is 2.52. The van der Waals surface area contributed by atoms with E-state index in [1.165, 1.54) is 18.3 Å². The van der Waals surface area contributed by atoms with Gasteiger partial charge in [0.05, 0.1) is 6.21 Å². The summed E-state index contributed by atoms with van der Waals surface area (Å²) in [5, 5.41) is 6.30. The number of rotatable bonds is 7. The van der Waals surface area contributed by atoms with E-state index < -0.39 is 11.8 Å². The van der Waals surface area contributed by atoms with Crippen LogP contribution in [0.5, 0.6) is 5.75 Å². The van der Waals surface area contributed by atoms with Crippen molar-refractivity contribution in [2.75, 3.05) is 0 Å². The van der Waals surface area contributed by atoms with Crippen LogP contribution in [0.3, 0.4) is 0 Å². The van der Waals surface area contributed by atoms with Crippen molar-refractivity contribution in [1.82, 2.24) is 10.7 Å². The Bertz CT molecular complexity index is 1020. The van der Waals surface area contributed by atoms with Crippen LogP contribution in [-0.2, 0) is 22.7 Å². The van der Waals surface area contributed by atoms with E-state index in [-0.39, 0.29) is 19.0 Å². The van der Waals surface area contributed by atoms with Gasteiger partial charge in [0.1, 0.15) is 18.2 Å². The van der Waals surface area contributed by atoms with Gasteiger partial charge in [-0.2, -0.15) is 5.10 Å². The molecule has 0 spiro atoms. The monoisotopic (exact) mass is 405 g/mol. The summed E-state index contributed by atoms with van der Waals surface area (Å²) < 4.78 is 18.8. The Balaban J connectivity index is 1.43. The topological polar surface area (TPSA) is 79.8 Å². The third-order valence-electron chi connectivity index (χ3n) is 4.06. The summed E-state index contributed by atoms with van der Waals surface area (Å²) in [4.78, 5) is 23.5. The molecule has 3 aromatic carbocycles. The van der Waals surface area contributed by atoms with Crippen molar-refractivity contribution < 1.29 is 18.7 Å². The second kappa shape index (κ2) is 10.5. The lowest BCUT2D eigenvalue weighted by Gasteiger charge is -2.06. The molecule has 3 aromatic rings. The standard InChI is InChI=1S/C23H20FN3O3/c24-20-8-4-7-19(13-20)16-30-21-11-9-18(10-12-21)15-26-27-23(29)22(28)25-14-17-5-2-1-3-6-17/h1-13,15H,14,16H2,(H,25,28)(H,27,29)/b26-15+. The summed E-state index contributed by atoms with van der Waals surface area (Å²) in [6, 6.07) is 22.4. The summed E-state index contributed by atoms with van der Waals surface area (Å²) >= 11 is 0. The number of amides is 2. The lowest BCUT2D eigenvalue weighted by atomic mass is 10.2. The Morgan fingerprint density at radius 2 is 1.63 bits per heavy atom. The van der Waals surface area contributed by atoms with Crippen molar-refractivity contribution in [2.45, 2.75) is 13.2 Å². The minimum atomic E-state index is -0.850. The molecule has 0 radical (unpaired) electrons. The SMILES string of the molecule is O=C(NCc1ccccc1)C(=O)N/N=C/c1ccc(OCc2cccc(F)c2)cc1. The van der Waals surface area contributed by atoms with Gasteiger partial charge in [0.15, 0.2) is 0 Å². The molecule has 6 nitrogen and oxygen atoms in total. The van der Waals surface area contributed by atoms with Crippen molar-refractivity contribution in [3.05, 3.63) is 101 Å². The summed E-state index contributed by atoms with van der Waals surface area (Å²) in [5.74, 6) is -1.31. The Morgan fingerprint density at radius 1 is 0.900 bits per heavy atom. The van der Waals surface area contributed by atoms with Gasteiger partial charge in [0.2, 0.25) is 0 Å². The van der Waals surface area contributed by atoms with E-state index >= 15 is 0 Å². The van der Waals surface area contributed by atoms with Gasteiger partial charge in [0.25, 0.3) is 0 Å². The highest BCUT2D eigenvalue weighted by Gasteiger charge is 2.11. The second-order valence-electron chi connectivity index (χ2n) is 6.36. The number of hydrogen-bond donors (Lipinski definition) is 2. The van der Waals surface area contributed by atoms with Crippen LogP contribution in [0.25, 0.3) is 0 Å². The largest absolute Gasteiger partial charge is 0.489 e. The van der Waals surface area contributed by atoms with Crippen LogP contribution in [0.4, 0.5) is 4.39 Å². The fraction of sp³-hybridized carbons (Fsp3) is 0.0870. The molecule has 0 aliphatic heterocycles. The zero-order valence-electron chi connectivity index (χ0n) is 16.0. The van der Waals surface area contributed by atoms with Crippen LogP contribution in [0, 0.1) is 5.82 Å². The number of nitrogens with zero attached hydrogens (tertiary/aromatic N) is 1. The highest BCUT2D eigenvalue weighted by molar-refractivity contribution is 6.35. The van der Waals surface area contributed by atoms with Crippen molar-refractivity contribution in [1.29, 1.82) is 0 Å². The second-order valence-corrected chi connectivity index (χ2v) is 6.36. The maximum Gasteiger partial charge on any atom is 0.329 e. The van der Waals surface area contributed by atoms with Gasteiger partial charge >= 0.3 is 11.8 Å². The molecule has 0 aromatic heterocycles. The van der Waals surface area contributed by atoms with E-state index in [4.69, 9.17) is 4.74 Å². The van der Waals surface area contributed by atoms with Crippen molar-refractivity contribution in [2.24, 2.45) is 5.10 Å². The molecular weight excluding hydrogens is 385 g/mol. The lowest BCUT2D eigenvalue weighted by Crippen LogP contribution is -2.37. The van der Waals surface area contributed by atoms with Gasteiger partial charge < -0.3 is 10.1 Å². The van der Waals surface area contributed by atoms with Crippen LogP contribution < -0.4 is 15.5 Å². The molecule has 0 saturated carbocycles. The molecule has 152 valence electrons. The number of carbonyl (C=O) groups excluding carboxylic acids is 2. The molecule has 0 bridgehead atoms. The highest BCUT2D eigenvalue weighted by atomic mass is 19.1. The molecule has 2 amide bonds. The Labute approximate surface area is 173 Å². The van der Waals surface area contributed by atoms with E-state index in [0.29, 0.717) is 11.3 Å². The smallest absolute Gasteiger partial charge is 0.329 e. The lowest BCUT2D eigenvalue weighted by molar-refractivity contribution is -0.139. The predicted octanol–water partition coefficient (Wildman–Crippen LogP) is 3.17. The zero-order valence-corrected chi connectivity index (χ0v) is 16.0. The quantitative estimate of drug-likeness (QED) is 0.360. The summed E-state index contributed by atoms with van der Waals surface area (Å²) in [6.45, 7) is 0.507. The van der Waals surface area contributed by atoms with Crippen molar-refractivity contribution >= 4 is 18.0 Å². The van der Waals surface area contributed by atoms with Crippen LogP contribution in [0.2, 0.25) is 0 Å². The molecule has 2 N–H and O–H groups in total. The molecule has 0 saturated heterocycles. The first kappa shape index (κ1) is 20.7. The average molecular weight is 405 g/mol. The zero-order chi connectivity index (χ0) is 21.2. The molecule has 0 fully saturated rings. The summed E-state index contributed by atoms with van der Waals surface area (Å²) in [7, 11) is 0. The molecular formula is C23H20FN3O3. The molecule has 7 heteroatoms. The number of benzene rings is 3. The Hall–Kier alpha value is -4.00. The summed E-state index contributed by atoms with van der Waals surface area (Å²) in [6.07, 6.45) is 1.42. The van der Waals surface area contributed by atoms with E-state index in [0.717, 1.165) is 11.1 Å². The number of halogens is 1. The minimum absolute atomic E-state index is 0.249. The molecule has 0 aliphatic rings. The first-order valence-corrected chi connectivity index (χ1v) is 9.22. The van der Waals surface area contributed by atoms with E-state index in [2.05, 4.69) is 15.8 Å². The number of carbonyl (C=O) groups is 2. The number of hydrogen-bond acceptors (Lipinski definition) is 4. The summed E-state index contributed by atoms with van der Waals surface area (Å²) in [5.41, 5.74) is 4.51. The van der Waals surface area contributed by atoms with E-state index in [1.54, 1.807) is 36.4 Å². The minimum Gasteiger partial charge on any atom is -0.489 e. The van der Waals surface area contributed by atoms with E-state index in [9.17, 15) is 14.0 Å². The molecule has 3 rings (SSSR count). The first-order valence-electron chi connectivity index (χ1n) is 9.22. The predicted molar refractivity (Wildman–Crippen MR) is 111 cm³/mol. The first-order chi connectivity index (χ1) is 14.6. The highest BCUT2D eigenvalue weighted by Crippen LogP contribution is 2.14. The van der Waals surface area contributed by atoms with E-state index in [1.807, 2.05) is 30.3 Å². The molecule has 0 unspecified atom stereocenters. The molecule has 0 heterocycles. The van der Waals surface area contributed by atoms with Crippen LogP contribution in [0.1, 0.15) is 16.7 Å². The van der Waals surface area contributed by atoms with Crippen LogP contribution in [-0.4, -0.2) is 18.0 Å². The number of nitrogens with one attached hydrogen (secondary N) is 2. The van der Waals surface area contributed by atoms with Crippen LogP contribution in [0.15, 0.2) is 84.0 Å². The third-order valence-corrected chi connectivity index (χ3v) is 4.06. The maximum absolute atomic E-state index is 13.2. The maximum atomic E-state index is 13.2.